The van der Waals surface area contributed by atoms with Gasteiger partial charge in [-0.3, -0.25) is 0 Å². The molecular formula is C18H15F2NO3S. The van der Waals surface area contributed by atoms with Gasteiger partial charge in [-0.2, -0.15) is 14.0 Å². The van der Waals surface area contributed by atoms with Crippen LogP contribution >= 0.6 is 11.8 Å². The van der Waals surface area contributed by atoms with E-state index in [2.05, 4.69) is 0 Å². The molecule has 0 fully saturated rings. The summed E-state index contributed by atoms with van der Waals surface area (Å²) in [7, 11) is 0. The average molecular weight is 363 g/mol. The summed E-state index contributed by atoms with van der Waals surface area (Å²) in [6, 6.07) is 11.5. The summed E-state index contributed by atoms with van der Waals surface area (Å²) in [6.07, 6.45) is 0.968. The van der Waals surface area contributed by atoms with Gasteiger partial charge in [0.2, 0.25) is 0 Å². The number of carbonyl (C=O) groups excluding carboxylic acids is 1. The largest absolute Gasteiger partial charge is 0.459 e. The second-order valence-corrected chi connectivity index (χ2v) is 6.29. The summed E-state index contributed by atoms with van der Waals surface area (Å²) in [5, 5.41) is 9.07. The van der Waals surface area contributed by atoms with E-state index in [1.54, 1.807) is 56.3 Å². The molecule has 1 aromatic carbocycles. The molecule has 0 unspecified atom stereocenters. The van der Waals surface area contributed by atoms with Gasteiger partial charge in [0.15, 0.2) is 0 Å². The highest BCUT2D eigenvalue weighted by molar-refractivity contribution is 7.99. The van der Waals surface area contributed by atoms with Crippen molar-refractivity contribution in [2.75, 3.05) is 0 Å². The van der Waals surface area contributed by atoms with E-state index in [9.17, 15) is 13.6 Å². The Morgan fingerprint density at radius 1 is 1.24 bits per heavy atom. The summed E-state index contributed by atoms with van der Waals surface area (Å²) in [5.41, 5.74) is 0.528. The van der Waals surface area contributed by atoms with Gasteiger partial charge in [0, 0.05) is 16.5 Å². The molecule has 25 heavy (non-hydrogen) atoms. The molecule has 0 N–H and O–H groups in total. The Kier molecular flexibility index (Phi) is 6.37. The van der Waals surface area contributed by atoms with Gasteiger partial charge in [-0.05, 0) is 38.1 Å². The average Bonchev–Trinajstić information content (AvgIpc) is 3.00. The number of hydrogen-bond donors (Lipinski definition) is 0. The summed E-state index contributed by atoms with van der Waals surface area (Å²) in [4.78, 5) is 12.2. The third kappa shape index (κ3) is 5.47. The normalized spacial score (nSPS) is 11.6. The maximum Gasteiger partial charge on any atom is 0.349 e. The topological polar surface area (TPSA) is 63.2 Å². The van der Waals surface area contributed by atoms with E-state index >= 15 is 0 Å². The highest BCUT2D eigenvalue weighted by atomic mass is 32.2. The number of esters is 1. The first-order valence-electron chi connectivity index (χ1n) is 7.37. The van der Waals surface area contributed by atoms with E-state index < -0.39 is 11.7 Å². The smallest absolute Gasteiger partial charge is 0.349 e. The van der Waals surface area contributed by atoms with Gasteiger partial charge < -0.3 is 9.15 Å². The Morgan fingerprint density at radius 2 is 1.92 bits per heavy atom. The molecule has 0 amide bonds. The van der Waals surface area contributed by atoms with Crippen molar-refractivity contribution in [3.05, 3.63) is 47.7 Å². The highest BCUT2D eigenvalue weighted by Gasteiger charge is 2.14. The number of nitrogens with zero attached hydrogens (tertiary/aromatic N) is 1. The van der Waals surface area contributed by atoms with Gasteiger partial charge in [-0.25, -0.2) is 4.79 Å². The van der Waals surface area contributed by atoms with E-state index in [0.29, 0.717) is 33.7 Å². The minimum absolute atomic E-state index is 0.168. The fourth-order valence-electron chi connectivity index (χ4n) is 1.94. The zero-order valence-corrected chi connectivity index (χ0v) is 14.3. The minimum atomic E-state index is -2.47. The lowest BCUT2D eigenvalue weighted by molar-refractivity contribution is -0.142. The van der Waals surface area contributed by atoms with Crippen LogP contribution in [0.4, 0.5) is 8.78 Å². The summed E-state index contributed by atoms with van der Waals surface area (Å²) in [6.45, 7) is 3.38. The van der Waals surface area contributed by atoms with Crippen molar-refractivity contribution >= 4 is 23.8 Å². The number of thioether (sulfide) groups is 1. The van der Waals surface area contributed by atoms with E-state index in [0.717, 1.165) is 0 Å². The summed E-state index contributed by atoms with van der Waals surface area (Å²) >= 11 is 0.466. The number of carbonyl (C=O) groups is 1. The van der Waals surface area contributed by atoms with Crippen LogP contribution in [0.5, 0.6) is 0 Å². The molecule has 0 aliphatic rings. The van der Waals surface area contributed by atoms with Crippen LogP contribution in [0.3, 0.4) is 0 Å². The molecule has 1 aromatic heterocycles. The van der Waals surface area contributed by atoms with Crippen molar-refractivity contribution in [2.24, 2.45) is 0 Å². The number of benzene rings is 1. The molecule has 0 atom stereocenters. The first-order valence-corrected chi connectivity index (χ1v) is 8.25. The zero-order chi connectivity index (χ0) is 18.4. The lowest BCUT2D eigenvalue weighted by Gasteiger charge is -2.05. The molecule has 130 valence electrons. The highest BCUT2D eigenvalue weighted by Crippen LogP contribution is 2.29. The van der Waals surface area contributed by atoms with Crippen LogP contribution in [0.2, 0.25) is 0 Å². The Balaban J connectivity index is 2.17. The number of hydrogen-bond acceptors (Lipinski definition) is 5. The van der Waals surface area contributed by atoms with Gasteiger partial charge in [0.05, 0.1) is 6.10 Å². The third-order valence-electron chi connectivity index (χ3n) is 2.96. The second-order valence-electron chi connectivity index (χ2n) is 5.23. The lowest BCUT2D eigenvalue weighted by Crippen LogP contribution is -2.12. The fraction of sp³-hybridized carbons (Fsp3) is 0.222. The first-order chi connectivity index (χ1) is 11.9. The van der Waals surface area contributed by atoms with Crippen LogP contribution in [-0.2, 0) is 9.53 Å². The van der Waals surface area contributed by atoms with E-state index in [1.807, 2.05) is 0 Å². The van der Waals surface area contributed by atoms with Crippen molar-refractivity contribution in [3.8, 4) is 17.4 Å². The quantitative estimate of drug-likeness (QED) is 0.308. The molecule has 0 radical (unpaired) electrons. The lowest BCUT2D eigenvalue weighted by atomic mass is 10.2. The maximum atomic E-state index is 12.3. The number of nitriles is 1. The fourth-order valence-corrected chi connectivity index (χ4v) is 2.44. The predicted octanol–water partition coefficient (Wildman–Crippen LogP) is 5.12. The summed E-state index contributed by atoms with van der Waals surface area (Å²) in [5.74, 6) is -2.38. The maximum absolute atomic E-state index is 12.3. The Hall–Kier alpha value is -2.59. The molecule has 2 rings (SSSR count). The predicted molar refractivity (Wildman–Crippen MR) is 90.8 cm³/mol. The van der Waals surface area contributed by atoms with Gasteiger partial charge >= 0.3 is 5.97 Å². The molecule has 0 aliphatic heterocycles. The molecule has 7 heteroatoms. The molecule has 0 bridgehead atoms. The summed E-state index contributed by atoms with van der Waals surface area (Å²) < 4.78 is 35.2. The van der Waals surface area contributed by atoms with Gasteiger partial charge in [-0.1, -0.05) is 23.9 Å². The molecule has 1 heterocycles. The zero-order valence-electron chi connectivity index (χ0n) is 13.5. The standard InChI is InChI=1S/C18H15F2NO3S/c1-11(2)23-17(22)13(10-21)9-14-5-8-16(24-14)12-3-6-15(7-4-12)25-18(19)20/h3-9,11,18H,1-2H3/b13-9+. The van der Waals surface area contributed by atoms with E-state index in [4.69, 9.17) is 14.4 Å². The Morgan fingerprint density at radius 3 is 2.48 bits per heavy atom. The van der Waals surface area contributed by atoms with Crippen LogP contribution in [0, 0.1) is 11.3 Å². The number of alkyl halides is 2. The van der Waals surface area contributed by atoms with Crippen LogP contribution in [0.15, 0.2) is 51.3 Å². The van der Waals surface area contributed by atoms with Crippen LogP contribution in [0.25, 0.3) is 17.4 Å². The van der Waals surface area contributed by atoms with Crippen LogP contribution in [0.1, 0.15) is 19.6 Å². The Labute approximate surface area is 148 Å². The number of furan rings is 1. The van der Waals surface area contributed by atoms with E-state index in [1.165, 1.54) is 6.08 Å². The molecular weight excluding hydrogens is 348 g/mol. The van der Waals surface area contributed by atoms with Gasteiger partial charge in [0.1, 0.15) is 23.2 Å². The first kappa shape index (κ1) is 18.7. The number of ether oxygens (including phenoxy) is 1. The molecule has 0 aliphatic carbocycles. The molecule has 4 nitrogen and oxygen atoms in total. The van der Waals surface area contributed by atoms with Crippen molar-refractivity contribution in [1.82, 2.24) is 0 Å². The molecule has 0 saturated heterocycles. The van der Waals surface area contributed by atoms with Crippen molar-refractivity contribution < 1.29 is 22.7 Å². The van der Waals surface area contributed by atoms with Crippen LogP contribution < -0.4 is 0 Å². The monoisotopic (exact) mass is 363 g/mol. The second kappa shape index (κ2) is 8.49. The van der Waals surface area contributed by atoms with Crippen molar-refractivity contribution in [1.29, 1.82) is 5.26 Å². The molecule has 0 spiro atoms. The van der Waals surface area contributed by atoms with Crippen LogP contribution in [-0.4, -0.2) is 17.8 Å². The van der Waals surface area contributed by atoms with Gasteiger partial charge in [0.25, 0.3) is 5.76 Å². The Bertz CT molecular complexity index is 804. The molecule has 2 aromatic rings. The number of halogens is 2. The van der Waals surface area contributed by atoms with E-state index in [-0.39, 0.29) is 11.7 Å². The third-order valence-corrected chi connectivity index (χ3v) is 3.68. The molecule has 0 saturated carbocycles. The van der Waals surface area contributed by atoms with Crippen molar-refractivity contribution in [3.63, 3.8) is 0 Å². The SMILES string of the molecule is CC(C)OC(=O)/C(C#N)=C/c1ccc(-c2ccc(SC(F)F)cc2)o1. The van der Waals surface area contributed by atoms with Gasteiger partial charge in [-0.15, -0.1) is 0 Å². The minimum Gasteiger partial charge on any atom is -0.459 e. The number of rotatable bonds is 6. The van der Waals surface area contributed by atoms with Crippen molar-refractivity contribution in [2.45, 2.75) is 30.6 Å².